The third kappa shape index (κ3) is 2.12. The van der Waals surface area contributed by atoms with Crippen LogP contribution in [-0.2, 0) is 9.47 Å². The van der Waals surface area contributed by atoms with Gasteiger partial charge < -0.3 is 15.2 Å². The van der Waals surface area contributed by atoms with Crippen molar-refractivity contribution >= 4 is 15.9 Å². The first-order valence-electron chi connectivity index (χ1n) is 4.37. The van der Waals surface area contributed by atoms with Crippen LogP contribution in [0.15, 0.2) is 22.9 Å². The summed E-state index contributed by atoms with van der Waals surface area (Å²) in [6.45, 7) is 1.03. The Labute approximate surface area is 90.5 Å². The van der Waals surface area contributed by atoms with E-state index < -0.39 is 0 Å². The monoisotopic (exact) mass is 258 g/mol. The normalized spacial score (nSPS) is 26.7. The highest BCUT2D eigenvalue weighted by atomic mass is 79.9. The molecule has 5 heteroatoms. The molecule has 1 aliphatic rings. The Hall–Kier alpha value is -0.490. The van der Waals surface area contributed by atoms with Crippen LogP contribution in [0.5, 0.6) is 0 Å². The summed E-state index contributed by atoms with van der Waals surface area (Å²) < 4.78 is 11.9. The molecule has 76 valence electrons. The fourth-order valence-electron chi connectivity index (χ4n) is 1.30. The summed E-state index contributed by atoms with van der Waals surface area (Å²) in [5.41, 5.74) is 6.39. The molecule has 0 spiro atoms. The van der Waals surface area contributed by atoms with Crippen molar-refractivity contribution in [1.82, 2.24) is 4.98 Å². The van der Waals surface area contributed by atoms with E-state index in [1.807, 2.05) is 6.07 Å². The van der Waals surface area contributed by atoms with Crippen molar-refractivity contribution in [2.24, 2.45) is 5.73 Å². The number of aromatic nitrogens is 1. The van der Waals surface area contributed by atoms with Gasteiger partial charge >= 0.3 is 0 Å². The largest absolute Gasteiger partial charge is 0.346 e. The lowest BCUT2D eigenvalue weighted by Crippen LogP contribution is -2.21. The molecule has 4 nitrogen and oxygen atoms in total. The van der Waals surface area contributed by atoms with Crippen molar-refractivity contribution in [3.8, 4) is 0 Å². The molecule has 1 aromatic heterocycles. The summed E-state index contributed by atoms with van der Waals surface area (Å²) in [5, 5.41) is 0. The molecule has 2 heterocycles. The maximum atomic E-state index is 5.54. The Balaban J connectivity index is 2.09. The summed E-state index contributed by atoms with van der Waals surface area (Å²) in [4.78, 5) is 4.04. The molecule has 0 bridgehead atoms. The number of rotatable bonds is 2. The van der Waals surface area contributed by atoms with Crippen molar-refractivity contribution in [3.63, 3.8) is 0 Å². The molecule has 0 aromatic carbocycles. The van der Waals surface area contributed by atoms with E-state index in [-0.39, 0.29) is 12.4 Å². The maximum absolute atomic E-state index is 5.54. The zero-order chi connectivity index (χ0) is 9.97. The Morgan fingerprint density at radius 3 is 3.07 bits per heavy atom. The second kappa shape index (κ2) is 4.35. The molecule has 0 aliphatic carbocycles. The van der Waals surface area contributed by atoms with E-state index >= 15 is 0 Å². The van der Waals surface area contributed by atoms with E-state index in [4.69, 9.17) is 15.2 Å². The van der Waals surface area contributed by atoms with E-state index in [0.717, 1.165) is 10.0 Å². The van der Waals surface area contributed by atoms with Gasteiger partial charge in [-0.15, -0.1) is 0 Å². The van der Waals surface area contributed by atoms with Crippen molar-refractivity contribution in [2.45, 2.75) is 12.4 Å². The van der Waals surface area contributed by atoms with E-state index in [1.54, 1.807) is 12.4 Å². The minimum absolute atomic E-state index is 0.000943. The van der Waals surface area contributed by atoms with Gasteiger partial charge in [0, 0.05) is 29.0 Å². The number of ether oxygens (including phenoxy) is 2. The summed E-state index contributed by atoms with van der Waals surface area (Å²) in [7, 11) is 0. The average Bonchev–Trinajstić information content (AvgIpc) is 2.66. The summed E-state index contributed by atoms with van der Waals surface area (Å²) in [6, 6.07) is 1.93. The molecule has 0 saturated carbocycles. The molecule has 1 aliphatic heterocycles. The van der Waals surface area contributed by atoms with E-state index in [2.05, 4.69) is 20.9 Å². The van der Waals surface area contributed by atoms with Gasteiger partial charge in [0.15, 0.2) is 6.29 Å². The third-order valence-electron chi connectivity index (χ3n) is 2.01. The summed E-state index contributed by atoms with van der Waals surface area (Å²) in [5.74, 6) is 0. The van der Waals surface area contributed by atoms with Gasteiger partial charge in [0.25, 0.3) is 0 Å². The van der Waals surface area contributed by atoms with Gasteiger partial charge in [0.05, 0.1) is 12.7 Å². The lowest BCUT2D eigenvalue weighted by Gasteiger charge is -2.10. The van der Waals surface area contributed by atoms with Crippen molar-refractivity contribution < 1.29 is 9.47 Å². The second-order valence-corrected chi connectivity index (χ2v) is 4.01. The highest BCUT2D eigenvalue weighted by Crippen LogP contribution is 2.27. The van der Waals surface area contributed by atoms with Gasteiger partial charge in [-0.25, -0.2) is 0 Å². The fraction of sp³-hybridized carbons (Fsp3) is 0.444. The predicted octanol–water partition coefficient (Wildman–Crippen LogP) is 1.22. The summed E-state index contributed by atoms with van der Waals surface area (Å²) in [6.07, 6.45) is 3.13. The lowest BCUT2D eigenvalue weighted by molar-refractivity contribution is -0.0587. The SMILES string of the molecule is NCC1COC(c2cncc(Br)c2)O1. The van der Waals surface area contributed by atoms with Crippen LogP contribution in [0.1, 0.15) is 11.9 Å². The van der Waals surface area contributed by atoms with Crippen LogP contribution >= 0.6 is 15.9 Å². The zero-order valence-electron chi connectivity index (χ0n) is 7.52. The van der Waals surface area contributed by atoms with Gasteiger partial charge in [-0.2, -0.15) is 0 Å². The molecule has 2 N–H and O–H groups in total. The molecule has 1 saturated heterocycles. The molecule has 2 atom stereocenters. The highest BCUT2D eigenvalue weighted by molar-refractivity contribution is 9.10. The molecular formula is C9H11BrN2O2. The highest BCUT2D eigenvalue weighted by Gasteiger charge is 2.26. The number of nitrogens with zero attached hydrogens (tertiary/aromatic N) is 1. The summed E-state index contributed by atoms with van der Waals surface area (Å²) >= 11 is 3.34. The molecular weight excluding hydrogens is 248 g/mol. The van der Waals surface area contributed by atoms with E-state index in [0.29, 0.717) is 13.2 Å². The molecule has 2 rings (SSSR count). The average molecular weight is 259 g/mol. The Kier molecular flexibility index (Phi) is 3.12. The Morgan fingerprint density at radius 2 is 2.43 bits per heavy atom. The van der Waals surface area contributed by atoms with Crippen LogP contribution < -0.4 is 5.73 Å². The van der Waals surface area contributed by atoms with Gasteiger partial charge in [-0.05, 0) is 22.0 Å². The Bertz CT molecular complexity index is 321. The smallest absolute Gasteiger partial charge is 0.185 e. The fourth-order valence-corrected chi connectivity index (χ4v) is 1.69. The van der Waals surface area contributed by atoms with Gasteiger partial charge in [0.2, 0.25) is 0 Å². The van der Waals surface area contributed by atoms with Gasteiger partial charge in [-0.3, -0.25) is 4.98 Å². The molecule has 1 fully saturated rings. The number of pyridine rings is 1. The first-order valence-corrected chi connectivity index (χ1v) is 5.16. The van der Waals surface area contributed by atoms with Crippen molar-refractivity contribution in [3.05, 3.63) is 28.5 Å². The number of hydrogen-bond acceptors (Lipinski definition) is 4. The molecule has 1 aromatic rings. The Morgan fingerprint density at radius 1 is 1.57 bits per heavy atom. The van der Waals surface area contributed by atoms with Crippen LogP contribution in [0.25, 0.3) is 0 Å². The zero-order valence-corrected chi connectivity index (χ0v) is 9.11. The van der Waals surface area contributed by atoms with E-state index in [1.165, 1.54) is 0 Å². The molecule has 14 heavy (non-hydrogen) atoms. The van der Waals surface area contributed by atoms with Crippen molar-refractivity contribution in [2.75, 3.05) is 13.2 Å². The minimum atomic E-state index is -0.325. The first-order chi connectivity index (χ1) is 6.79. The maximum Gasteiger partial charge on any atom is 0.185 e. The van der Waals surface area contributed by atoms with Crippen LogP contribution in [-0.4, -0.2) is 24.2 Å². The van der Waals surface area contributed by atoms with Gasteiger partial charge in [-0.1, -0.05) is 0 Å². The third-order valence-corrected chi connectivity index (χ3v) is 2.44. The topological polar surface area (TPSA) is 57.4 Å². The standard InChI is InChI=1S/C9H11BrN2O2/c10-7-1-6(3-12-4-7)9-13-5-8(2-11)14-9/h1,3-4,8-9H,2,5,11H2. The second-order valence-electron chi connectivity index (χ2n) is 3.10. The number of halogens is 1. The van der Waals surface area contributed by atoms with Crippen LogP contribution in [0, 0.1) is 0 Å². The van der Waals surface area contributed by atoms with Crippen molar-refractivity contribution in [1.29, 1.82) is 0 Å². The van der Waals surface area contributed by atoms with E-state index in [9.17, 15) is 0 Å². The minimum Gasteiger partial charge on any atom is -0.346 e. The molecule has 2 unspecified atom stereocenters. The van der Waals surface area contributed by atoms with Crippen LogP contribution in [0.3, 0.4) is 0 Å². The number of nitrogens with two attached hydrogens (primary N) is 1. The number of hydrogen-bond donors (Lipinski definition) is 1. The predicted molar refractivity (Wildman–Crippen MR) is 54.6 cm³/mol. The lowest BCUT2D eigenvalue weighted by atomic mass is 10.3. The molecule has 0 radical (unpaired) electrons. The quantitative estimate of drug-likeness (QED) is 0.867. The first kappa shape index (κ1) is 10.0. The van der Waals surface area contributed by atoms with Crippen LogP contribution in [0.4, 0.5) is 0 Å². The molecule has 0 amide bonds. The van der Waals surface area contributed by atoms with Gasteiger partial charge in [0.1, 0.15) is 0 Å². The van der Waals surface area contributed by atoms with Crippen LogP contribution in [0.2, 0.25) is 0 Å².